The molecule has 0 aromatic heterocycles. The molecule has 0 unspecified atom stereocenters. The van der Waals surface area contributed by atoms with E-state index in [9.17, 15) is 13.2 Å². The molecule has 5 nitrogen and oxygen atoms in total. The number of carbonyl (C=O) groups is 1. The summed E-state index contributed by atoms with van der Waals surface area (Å²) >= 11 is 0. The van der Waals surface area contributed by atoms with Crippen molar-refractivity contribution in [3.63, 3.8) is 0 Å². The maximum atomic E-state index is 12.2. The predicted octanol–water partition coefficient (Wildman–Crippen LogP) is 2.32. The topological polar surface area (TPSA) is 63.7 Å². The van der Waals surface area contributed by atoms with Crippen molar-refractivity contribution >= 4 is 32.5 Å². The highest BCUT2D eigenvalue weighted by Gasteiger charge is 2.22. The molecule has 0 atom stereocenters. The quantitative estimate of drug-likeness (QED) is 0.641. The summed E-state index contributed by atoms with van der Waals surface area (Å²) in [6.45, 7) is 3.19. The van der Waals surface area contributed by atoms with Gasteiger partial charge in [0, 0.05) is 36.6 Å². The van der Waals surface area contributed by atoms with Gasteiger partial charge in [-0.25, -0.2) is 4.79 Å². The fourth-order valence-electron chi connectivity index (χ4n) is 2.06. The van der Waals surface area contributed by atoms with Crippen molar-refractivity contribution in [2.45, 2.75) is 4.90 Å². The third-order valence-corrected chi connectivity index (χ3v) is 4.25. The number of hydrogen-bond acceptors (Lipinski definition) is 5. The first-order valence-electron chi connectivity index (χ1n) is 6.17. The fourth-order valence-corrected chi connectivity index (χ4v) is 3.13. The lowest BCUT2D eigenvalue weighted by atomic mass is 10.1. The van der Waals surface area contributed by atoms with Crippen LogP contribution >= 0.6 is 0 Å². The van der Waals surface area contributed by atoms with E-state index >= 15 is 0 Å². The highest BCUT2D eigenvalue weighted by atomic mass is 32.2. The summed E-state index contributed by atoms with van der Waals surface area (Å²) in [5.41, 5.74) is 0.875. The Labute approximate surface area is 123 Å². The highest BCUT2D eigenvalue weighted by Crippen LogP contribution is 2.30. The molecular weight excluding hydrogens is 290 g/mol. The molecule has 2 aromatic carbocycles. The van der Waals surface area contributed by atoms with Crippen LogP contribution in [0.1, 0.15) is 0 Å². The molecule has 2 aromatic rings. The Morgan fingerprint density at radius 1 is 1.14 bits per heavy atom. The normalized spacial score (nSPS) is 11.1. The van der Waals surface area contributed by atoms with Crippen LogP contribution in [0.3, 0.4) is 0 Å². The largest absolute Gasteiger partial charge is 0.377 e. The third kappa shape index (κ3) is 2.90. The predicted molar refractivity (Wildman–Crippen MR) is 81.7 cm³/mol. The average Bonchev–Trinajstić information content (AvgIpc) is 2.45. The van der Waals surface area contributed by atoms with Crippen molar-refractivity contribution in [1.29, 1.82) is 0 Å². The monoisotopic (exact) mass is 305 g/mol. The van der Waals surface area contributed by atoms with E-state index in [1.165, 1.54) is 6.07 Å². The van der Waals surface area contributed by atoms with E-state index in [2.05, 4.69) is 10.8 Å². The van der Waals surface area contributed by atoms with Gasteiger partial charge in [0.1, 0.15) is 4.90 Å². The van der Waals surface area contributed by atoms with Gasteiger partial charge in [0.15, 0.2) is 0 Å². The Morgan fingerprint density at radius 3 is 2.38 bits per heavy atom. The maximum Gasteiger partial charge on any atom is 0.346 e. The van der Waals surface area contributed by atoms with Gasteiger partial charge in [0.2, 0.25) is 0 Å². The molecule has 21 heavy (non-hydrogen) atoms. The number of hydrogen-bond donors (Lipinski definition) is 0. The molecule has 0 saturated carbocycles. The van der Waals surface area contributed by atoms with Crippen LogP contribution in [0.15, 0.2) is 53.9 Å². The standard InChI is InChI=1S/C15H15NO4S/c1-4-15(17)20-21(18,19)14-10-6-7-11-12(14)8-5-9-13(11)16(2)3/h4-10H,1H2,2-3H3. The van der Waals surface area contributed by atoms with Crippen LogP contribution < -0.4 is 4.90 Å². The van der Waals surface area contributed by atoms with Crippen molar-refractivity contribution < 1.29 is 17.4 Å². The first-order valence-corrected chi connectivity index (χ1v) is 7.57. The van der Waals surface area contributed by atoms with E-state index < -0.39 is 16.1 Å². The minimum Gasteiger partial charge on any atom is -0.377 e. The van der Waals surface area contributed by atoms with Gasteiger partial charge < -0.3 is 9.08 Å². The molecule has 0 heterocycles. The van der Waals surface area contributed by atoms with E-state index in [0.717, 1.165) is 17.1 Å². The molecule has 110 valence electrons. The van der Waals surface area contributed by atoms with Crippen LogP contribution in [-0.4, -0.2) is 28.5 Å². The Bertz CT molecular complexity index is 810. The van der Waals surface area contributed by atoms with Crippen LogP contribution in [-0.2, 0) is 19.1 Å². The second-order valence-corrected chi connectivity index (χ2v) is 6.10. The number of nitrogens with zero attached hydrogens (tertiary/aromatic N) is 1. The Hall–Kier alpha value is -2.34. The third-order valence-electron chi connectivity index (χ3n) is 2.97. The van der Waals surface area contributed by atoms with E-state index in [-0.39, 0.29) is 4.90 Å². The van der Waals surface area contributed by atoms with Crippen LogP contribution in [0.5, 0.6) is 0 Å². The minimum atomic E-state index is -4.18. The van der Waals surface area contributed by atoms with Crippen molar-refractivity contribution in [1.82, 2.24) is 0 Å². The summed E-state index contributed by atoms with van der Waals surface area (Å²) in [5, 5.41) is 1.26. The van der Waals surface area contributed by atoms with Crippen LogP contribution in [0.25, 0.3) is 10.8 Å². The van der Waals surface area contributed by atoms with Gasteiger partial charge >= 0.3 is 16.1 Å². The Kier molecular flexibility index (Phi) is 3.99. The highest BCUT2D eigenvalue weighted by molar-refractivity contribution is 7.87. The smallest absolute Gasteiger partial charge is 0.346 e. The molecule has 0 saturated heterocycles. The molecule has 0 fully saturated rings. The van der Waals surface area contributed by atoms with Crippen LogP contribution in [0.4, 0.5) is 5.69 Å². The molecule has 0 bridgehead atoms. The molecular formula is C15H15NO4S. The molecule has 0 aliphatic rings. The van der Waals surface area contributed by atoms with E-state index in [4.69, 9.17) is 0 Å². The number of benzene rings is 2. The van der Waals surface area contributed by atoms with Gasteiger partial charge in [0.05, 0.1) is 0 Å². The first kappa shape index (κ1) is 15.1. The zero-order chi connectivity index (χ0) is 15.6. The van der Waals surface area contributed by atoms with Gasteiger partial charge in [-0.3, -0.25) is 0 Å². The number of rotatable bonds is 4. The van der Waals surface area contributed by atoms with Gasteiger partial charge in [0.25, 0.3) is 0 Å². The number of carbonyl (C=O) groups excluding carboxylic acids is 1. The van der Waals surface area contributed by atoms with Crippen molar-refractivity contribution in [3.8, 4) is 0 Å². The maximum absolute atomic E-state index is 12.2. The first-order chi connectivity index (χ1) is 9.86. The molecule has 6 heteroatoms. The number of fused-ring (bicyclic) bond motifs is 1. The summed E-state index contributed by atoms with van der Waals surface area (Å²) < 4.78 is 28.9. The second kappa shape index (κ2) is 5.57. The second-order valence-electron chi connectivity index (χ2n) is 4.58. The zero-order valence-electron chi connectivity index (χ0n) is 11.7. The molecule has 0 spiro atoms. The van der Waals surface area contributed by atoms with E-state index in [1.807, 2.05) is 31.1 Å². The Morgan fingerprint density at radius 2 is 1.76 bits per heavy atom. The molecule has 0 aliphatic carbocycles. The molecule has 2 rings (SSSR count). The summed E-state index contributed by atoms with van der Waals surface area (Å²) in [6, 6.07) is 10.2. The zero-order valence-corrected chi connectivity index (χ0v) is 12.6. The summed E-state index contributed by atoms with van der Waals surface area (Å²) in [6.07, 6.45) is 0.813. The van der Waals surface area contributed by atoms with E-state index in [1.54, 1.807) is 18.2 Å². The van der Waals surface area contributed by atoms with Crippen LogP contribution in [0.2, 0.25) is 0 Å². The molecule has 0 radical (unpaired) electrons. The lowest BCUT2D eigenvalue weighted by molar-refractivity contribution is -0.128. The molecule has 0 amide bonds. The lowest BCUT2D eigenvalue weighted by Gasteiger charge is -2.16. The van der Waals surface area contributed by atoms with Gasteiger partial charge in [-0.1, -0.05) is 30.8 Å². The minimum absolute atomic E-state index is 0.0427. The van der Waals surface area contributed by atoms with Gasteiger partial charge in [-0.15, -0.1) is 0 Å². The Balaban J connectivity index is 2.69. The lowest BCUT2D eigenvalue weighted by Crippen LogP contribution is -2.12. The molecule has 0 N–H and O–H groups in total. The SMILES string of the molecule is C=CC(=O)OS(=O)(=O)c1cccc2c(N(C)C)cccc12. The van der Waals surface area contributed by atoms with Crippen LogP contribution in [0, 0.1) is 0 Å². The van der Waals surface area contributed by atoms with Crippen molar-refractivity contribution in [3.05, 3.63) is 49.1 Å². The van der Waals surface area contributed by atoms with Crippen molar-refractivity contribution in [2.75, 3.05) is 19.0 Å². The molecule has 0 aliphatic heterocycles. The van der Waals surface area contributed by atoms with Gasteiger partial charge in [-0.2, -0.15) is 8.42 Å². The summed E-state index contributed by atoms with van der Waals surface area (Å²) in [4.78, 5) is 13.0. The average molecular weight is 305 g/mol. The summed E-state index contributed by atoms with van der Waals surface area (Å²) in [5.74, 6) is -1.00. The van der Waals surface area contributed by atoms with Gasteiger partial charge in [-0.05, 0) is 12.1 Å². The fraction of sp³-hybridized carbons (Fsp3) is 0.133. The van der Waals surface area contributed by atoms with Crippen molar-refractivity contribution in [2.24, 2.45) is 0 Å². The van der Waals surface area contributed by atoms with E-state index in [0.29, 0.717) is 5.39 Å². The number of anilines is 1. The summed E-state index contributed by atoms with van der Waals surface area (Å²) in [7, 11) is -0.443.